The van der Waals surface area contributed by atoms with E-state index in [4.69, 9.17) is 40.3 Å². The Kier molecular flexibility index (Phi) is 12.1. The number of ether oxygens (including phenoxy) is 6. The first-order valence-corrected chi connectivity index (χ1v) is 14.8. The molecule has 0 aliphatic heterocycles. The third-order valence-electron chi connectivity index (χ3n) is 6.75. The largest absolute Gasteiger partial charge is 0.573 e. The summed E-state index contributed by atoms with van der Waals surface area (Å²) in [7, 11) is 1.51. The Morgan fingerprint density at radius 2 is 1.53 bits per heavy atom. The predicted molar refractivity (Wildman–Crippen MR) is 164 cm³/mol. The standard InChI is InChI=1S/C33H35ClF3NO7/c1-4-5-6-7-8-17-41-32(39)43-20-42-31-26-18-27(34)29(40-3)19-28(26)38-21(2)30(31)22-9-11-23(12-10-22)44-24-13-15-25(16-14-24)45-33(35,36)37/h9-16,18-19,32,39H,4-8,17,20H2,1-3H3. The zero-order valence-corrected chi connectivity index (χ0v) is 25.9. The zero-order chi connectivity index (χ0) is 32.4. The summed E-state index contributed by atoms with van der Waals surface area (Å²) in [6, 6.07) is 15.5. The van der Waals surface area contributed by atoms with Gasteiger partial charge < -0.3 is 28.8 Å². The first-order valence-electron chi connectivity index (χ1n) is 14.4. The minimum Gasteiger partial charge on any atom is -0.495 e. The van der Waals surface area contributed by atoms with Crippen molar-refractivity contribution in [1.29, 1.82) is 0 Å². The number of rotatable bonds is 16. The molecular weight excluding hydrogens is 615 g/mol. The average Bonchev–Trinajstić information content (AvgIpc) is 3.00. The fourth-order valence-corrected chi connectivity index (χ4v) is 4.86. The van der Waals surface area contributed by atoms with E-state index in [1.807, 2.05) is 6.92 Å². The van der Waals surface area contributed by atoms with Crippen LogP contribution in [0, 0.1) is 6.92 Å². The van der Waals surface area contributed by atoms with Crippen molar-refractivity contribution in [3.05, 3.63) is 71.4 Å². The second-order valence-corrected chi connectivity index (χ2v) is 10.5. The summed E-state index contributed by atoms with van der Waals surface area (Å²) in [6.07, 6.45) is 0.481. The maximum absolute atomic E-state index is 12.5. The summed E-state index contributed by atoms with van der Waals surface area (Å²) >= 11 is 6.46. The van der Waals surface area contributed by atoms with Gasteiger partial charge in [-0.2, -0.15) is 0 Å². The van der Waals surface area contributed by atoms with Crippen LogP contribution in [0.5, 0.6) is 28.7 Å². The van der Waals surface area contributed by atoms with Crippen LogP contribution in [0.1, 0.15) is 44.7 Å². The van der Waals surface area contributed by atoms with Crippen molar-refractivity contribution in [3.8, 4) is 39.9 Å². The van der Waals surface area contributed by atoms with E-state index in [1.54, 1.807) is 36.4 Å². The van der Waals surface area contributed by atoms with Gasteiger partial charge in [0.25, 0.3) is 6.48 Å². The van der Waals surface area contributed by atoms with Crippen molar-refractivity contribution in [3.63, 3.8) is 0 Å². The van der Waals surface area contributed by atoms with Gasteiger partial charge in [-0.15, -0.1) is 13.2 Å². The Morgan fingerprint density at radius 3 is 2.18 bits per heavy atom. The molecule has 0 spiro atoms. The highest BCUT2D eigenvalue weighted by molar-refractivity contribution is 6.33. The van der Waals surface area contributed by atoms with E-state index in [2.05, 4.69) is 11.7 Å². The highest BCUT2D eigenvalue weighted by Crippen LogP contribution is 2.42. The third kappa shape index (κ3) is 9.86. The van der Waals surface area contributed by atoms with Gasteiger partial charge in [-0.25, -0.2) is 0 Å². The Bertz CT molecular complexity index is 1530. The molecule has 242 valence electrons. The lowest BCUT2D eigenvalue weighted by Crippen LogP contribution is -2.20. The lowest BCUT2D eigenvalue weighted by Gasteiger charge is -2.19. The van der Waals surface area contributed by atoms with Gasteiger partial charge in [0.2, 0.25) is 0 Å². The van der Waals surface area contributed by atoms with Crippen LogP contribution in [0.2, 0.25) is 5.02 Å². The molecule has 1 aromatic heterocycles. The Balaban J connectivity index is 1.53. The summed E-state index contributed by atoms with van der Waals surface area (Å²) in [5, 5.41) is 11.1. The van der Waals surface area contributed by atoms with Crippen LogP contribution in [0.3, 0.4) is 0 Å². The second-order valence-electron chi connectivity index (χ2n) is 10.1. The number of benzene rings is 3. The van der Waals surface area contributed by atoms with Gasteiger partial charge in [0.15, 0.2) is 6.79 Å². The zero-order valence-electron chi connectivity index (χ0n) is 25.2. The number of nitrogens with zero attached hydrogens (tertiary/aromatic N) is 1. The number of aliphatic hydroxyl groups excluding tert-OH is 1. The van der Waals surface area contributed by atoms with Crippen LogP contribution in [-0.2, 0) is 9.47 Å². The van der Waals surface area contributed by atoms with Crippen LogP contribution in [-0.4, -0.2) is 43.4 Å². The van der Waals surface area contributed by atoms with E-state index < -0.39 is 12.8 Å². The molecule has 12 heteroatoms. The van der Waals surface area contributed by atoms with E-state index in [1.165, 1.54) is 31.4 Å². The molecule has 0 fully saturated rings. The fourth-order valence-electron chi connectivity index (χ4n) is 4.62. The molecule has 45 heavy (non-hydrogen) atoms. The maximum Gasteiger partial charge on any atom is 0.573 e. The molecule has 1 heterocycles. The van der Waals surface area contributed by atoms with Crippen molar-refractivity contribution in [2.75, 3.05) is 20.5 Å². The normalized spacial score (nSPS) is 12.3. The van der Waals surface area contributed by atoms with Gasteiger partial charge in [0.05, 0.1) is 24.3 Å². The summed E-state index contributed by atoms with van der Waals surface area (Å²) in [5.41, 5.74) is 2.60. The molecule has 0 aliphatic rings. The lowest BCUT2D eigenvalue weighted by molar-refractivity contribution is -0.281. The lowest BCUT2D eigenvalue weighted by atomic mass is 10.00. The summed E-state index contributed by atoms with van der Waals surface area (Å²) in [4.78, 5) is 4.74. The van der Waals surface area contributed by atoms with Crippen molar-refractivity contribution < 1.29 is 46.7 Å². The number of aryl methyl sites for hydroxylation is 1. The van der Waals surface area contributed by atoms with Crippen molar-refractivity contribution >= 4 is 22.5 Å². The number of unbranched alkanes of at least 4 members (excludes halogenated alkanes) is 4. The molecule has 0 amide bonds. The molecule has 0 radical (unpaired) electrons. The minimum atomic E-state index is -4.78. The van der Waals surface area contributed by atoms with Crippen LogP contribution < -0.4 is 18.9 Å². The quantitative estimate of drug-likeness (QED) is 0.0949. The maximum atomic E-state index is 12.5. The molecule has 0 saturated carbocycles. The average molecular weight is 650 g/mol. The first-order chi connectivity index (χ1) is 21.6. The predicted octanol–water partition coefficient (Wildman–Crippen LogP) is 9.18. The van der Waals surface area contributed by atoms with Gasteiger partial charge in [-0.05, 0) is 61.4 Å². The van der Waals surface area contributed by atoms with Crippen LogP contribution in [0.4, 0.5) is 13.2 Å². The monoisotopic (exact) mass is 649 g/mol. The van der Waals surface area contributed by atoms with Crippen molar-refractivity contribution in [1.82, 2.24) is 4.98 Å². The van der Waals surface area contributed by atoms with Gasteiger partial charge in [-0.3, -0.25) is 9.72 Å². The van der Waals surface area contributed by atoms with Gasteiger partial charge >= 0.3 is 6.36 Å². The highest BCUT2D eigenvalue weighted by Gasteiger charge is 2.31. The number of aromatic nitrogens is 1. The Hall–Kier alpha value is -3.77. The second kappa shape index (κ2) is 16.0. The summed E-state index contributed by atoms with van der Waals surface area (Å²) in [6.45, 7) is 2.56. The number of alkyl halides is 3. The molecule has 4 aromatic rings. The number of methoxy groups -OCH3 is 1. The minimum absolute atomic E-state index is 0.318. The van der Waals surface area contributed by atoms with Crippen LogP contribution in [0.15, 0.2) is 60.7 Å². The number of hydrogen-bond donors (Lipinski definition) is 1. The SMILES string of the molecule is CCCCCCCOC(O)OCOc1c(-c2ccc(Oc3ccc(OC(F)(F)F)cc3)cc2)c(C)nc2cc(OC)c(Cl)cc12. The topological polar surface area (TPSA) is 88.5 Å². The van der Waals surface area contributed by atoms with Crippen molar-refractivity contribution in [2.45, 2.75) is 58.8 Å². The molecule has 1 unspecified atom stereocenters. The Morgan fingerprint density at radius 1 is 0.889 bits per heavy atom. The molecule has 4 rings (SSSR count). The van der Waals surface area contributed by atoms with Gasteiger partial charge in [-0.1, -0.05) is 56.3 Å². The number of aliphatic hydroxyl groups is 1. The van der Waals surface area contributed by atoms with Crippen LogP contribution >= 0.6 is 11.6 Å². The van der Waals surface area contributed by atoms with E-state index in [0.717, 1.165) is 37.7 Å². The van der Waals surface area contributed by atoms with Crippen LogP contribution in [0.25, 0.3) is 22.0 Å². The number of pyridine rings is 1. The van der Waals surface area contributed by atoms with Gasteiger partial charge in [0.1, 0.15) is 28.7 Å². The molecule has 3 aromatic carbocycles. The molecule has 0 saturated heterocycles. The molecule has 8 nitrogen and oxygen atoms in total. The number of hydrogen-bond acceptors (Lipinski definition) is 8. The smallest absolute Gasteiger partial charge is 0.495 e. The van der Waals surface area contributed by atoms with E-state index >= 15 is 0 Å². The fraction of sp³-hybridized carbons (Fsp3) is 0.364. The van der Waals surface area contributed by atoms with E-state index in [0.29, 0.717) is 56.8 Å². The third-order valence-corrected chi connectivity index (χ3v) is 7.05. The van der Waals surface area contributed by atoms with E-state index in [9.17, 15) is 18.3 Å². The molecular formula is C33H35ClF3NO7. The molecule has 1 atom stereocenters. The first kappa shape index (κ1) is 34.1. The molecule has 0 aliphatic carbocycles. The van der Waals surface area contributed by atoms with Gasteiger partial charge in [0, 0.05) is 22.7 Å². The number of fused-ring (bicyclic) bond motifs is 1. The molecule has 0 bridgehead atoms. The highest BCUT2D eigenvalue weighted by atomic mass is 35.5. The summed E-state index contributed by atoms with van der Waals surface area (Å²) in [5.74, 6) is 1.30. The molecule has 1 N–H and O–H groups in total. The number of halogens is 4. The Labute approximate surface area is 264 Å². The summed E-state index contributed by atoms with van der Waals surface area (Å²) < 4.78 is 69.3. The van der Waals surface area contributed by atoms with Crippen molar-refractivity contribution in [2.24, 2.45) is 0 Å². The van der Waals surface area contributed by atoms with E-state index in [-0.39, 0.29) is 12.5 Å².